The molecule has 1 N–H and O–H groups in total. The zero-order valence-corrected chi connectivity index (χ0v) is 12.1. The first-order chi connectivity index (χ1) is 8.77. The molecule has 1 aromatic carbocycles. The summed E-state index contributed by atoms with van der Waals surface area (Å²) in [6, 6.07) is 6.40. The van der Waals surface area contributed by atoms with Gasteiger partial charge in [-0.15, -0.1) is 0 Å². The summed E-state index contributed by atoms with van der Waals surface area (Å²) >= 11 is 0. The number of rotatable bonds is 4. The number of hydrogen-bond donors (Lipinski definition) is 1. The van der Waals surface area contributed by atoms with Crippen molar-refractivity contribution in [3.63, 3.8) is 0 Å². The maximum absolute atomic E-state index is 11.4. The van der Waals surface area contributed by atoms with Crippen LogP contribution >= 0.6 is 0 Å². The summed E-state index contributed by atoms with van der Waals surface area (Å²) in [4.78, 5) is 11.4. The van der Waals surface area contributed by atoms with E-state index in [1.807, 2.05) is 0 Å². The summed E-state index contributed by atoms with van der Waals surface area (Å²) in [5.74, 6) is -0.748. The molecule has 1 aliphatic heterocycles. The molecule has 1 fully saturated rings. The lowest BCUT2D eigenvalue weighted by Crippen LogP contribution is -2.50. The van der Waals surface area contributed by atoms with Crippen LogP contribution in [0.5, 0.6) is 0 Å². The predicted octanol–water partition coefficient (Wildman–Crippen LogP) is 3.07. The Morgan fingerprint density at radius 1 is 1.32 bits per heavy atom. The van der Waals surface area contributed by atoms with Crippen LogP contribution < -0.4 is 0 Å². The highest BCUT2D eigenvalue weighted by Crippen LogP contribution is 2.43. The lowest BCUT2D eigenvalue weighted by molar-refractivity contribution is -0.152. The molecule has 2 rings (SSSR count). The quantitative estimate of drug-likeness (QED) is 0.907. The Labute approximate surface area is 114 Å². The molecule has 0 spiro atoms. The molecule has 0 aromatic heterocycles. The van der Waals surface area contributed by atoms with Crippen molar-refractivity contribution in [1.82, 2.24) is 0 Å². The van der Waals surface area contributed by atoms with Crippen molar-refractivity contribution < 1.29 is 14.6 Å². The summed E-state index contributed by atoms with van der Waals surface area (Å²) in [7, 11) is 0. The minimum absolute atomic E-state index is 0.139. The average Bonchev–Trinajstić information content (AvgIpc) is 2.27. The van der Waals surface area contributed by atoms with E-state index < -0.39 is 11.4 Å². The number of ether oxygens (including phenoxy) is 1. The van der Waals surface area contributed by atoms with Crippen LogP contribution in [-0.4, -0.2) is 24.3 Å². The van der Waals surface area contributed by atoms with Gasteiger partial charge in [0.2, 0.25) is 0 Å². The predicted molar refractivity (Wildman–Crippen MR) is 74.4 cm³/mol. The monoisotopic (exact) mass is 262 g/mol. The van der Waals surface area contributed by atoms with E-state index in [4.69, 9.17) is 4.74 Å². The van der Waals surface area contributed by atoms with Gasteiger partial charge in [0.05, 0.1) is 18.6 Å². The van der Waals surface area contributed by atoms with Crippen LogP contribution in [0, 0.1) is 19.3 Å². The summed E-state index contributed by atoms with van der Waals surface area (Å²) in [5, 5.41) is 9.33. The number of aryl methyl sites for hydroxylation is 2. The molecule has 0 radical (unpaired) electrons. The highest BCUT2D eigenvalue weighted by Gasteiger charge is 2.46. The van der Waals surface area contributed by atoms with E-state index in [0.717, 1.165) is 0 Å². The van der Waals surface area contributed by atoms with Crippen LogP contribution in [0.4, 0.5) is 0 Å². The Hall–Kier alpha value is -1.35. The molecule has 19 heavy (non-hydrogen) atoms. The zero-order chi connectivity index (χ0) is 14.3. The SMILES string of the molecule is Cc1ccc(C2(CC(C)(C)C(=O)O)COC2)cc1C. The van der Waals surface area contributed by atoms with Gasteiger partial charge in [0.15, 0.2) is 0 Å². The Morgan fingerprint density at radius 2 is 1.95 bits per heavy atom. The van der Waals surface area contributed by atoms with Gasteiger partial charge in [-0.3, -0.25) is 4.79 Å². The van der Waals surface area contributed by atoms with Crippen LogP contribution in [0.1, 0.15) is 37.0 Å². The van der Waals surface area contributed by atoms with Gasteiger partial charge in [-0.2, -0.15) is 0 Å². The van der Waals surface area contributed by atoms with Gasteiger partial charge in [0.1, 0.15) is 0 Å². The van der Waals surface area contributed by atoms with E-state index in [9.17, 15) is 9.90 Å². The summed E-state index contributed by atoms with van der Waals surface area (Å²) in [5.41, 5.74) is 2.84. The third-order valence-electron chi connectivity index (χ3n) is 4.24. The smallest absolute Gasteiger partial charge is 0.309 e. The second-order valence-corrected chi connectivity index (χ2v) is 6.44. The number of carboxylic acids is 1. The van der Waals surface area contributed by atoms with E-state index in [2.05, 4.69) is 32.0 Å². The summed E-state index contributed by atoms with van der Waals surface area (Å²) < 4.78 is 5.40. The van der Waals surface area contributed by atoms with Crippen LogP contribution in [0.15, 0.2) is 18.2 Å². The normalized spacial score (nSPS) is 17.9. The number of benzene rings is 1. The lowest BCUT2D eigenvalue weighted by Gasteiger charge is -2.45. The maximum atomic E-state index is 11.4. The fourth-order valence-corrected chi connectivity index (χ4v) is 2.71. The van der Waals surface area contributed by atoms with E-state index in [1.165, 1.54) is 16.7 Å². The average molecular weight is 262 g/mol. The van der Waals surface area contributed by atoms with Gasteiger partial charge in [0, 0.05) is 5.41 Å². The first kappa shape index (κ1) is 14.1. The van der Waals surface area contributed by atoms with Crippen molar-refractivity contribution in [1.29, 1.82) is 0 Å². The molecule has 0 atom stereocenters. The highest BCUT2D eigenvalue weighted by molar-refractivity contribution is 5.73. The second-order valence-electron chi connectivity index (χ2n) is 6.44. The molecule has 1 saturated heterocycles. The molecule has 3 heteroatoms. The third kappa shape index (κ3) is 2.52. The number of hydrogen-bond acceptors (Lipinski definition) is 2. The highest BCUT2D eigenvalue weighted by atomic mass is 16.5. The second kappa shape index (κ2) is 4.64. The molecule has 104 valence electrons. The van der Waals surface area contributed by atoms with Gasteiger partial charge >= 0.3 is 5.97 Å². The Kier molecular flexibility index (Phi) is 3.43. The van der Waals surface area contributed by atoms with Crippen molar-refractivity contribution in [2.45, 2.75) is 39.5 Å². The van der Waals surface area contributed by atoms with Crippen LogP contribution in [-0.2, 0) is 14.9 Å². The summed E-state index contributed by atoms with van der Waals surface area (Å²) in [6.45, 7) is 8.99. The fraction of sp³-hybridized carbons (Fsp3) is 0.562. The third-order valence-corrected chi connectivity index (χ3v) is 4.24. The Bertz CT molecular complexity index is 499. The van der Waals surface area contributed by atoms with Crippen molar-refractivity contribution in [3.8, 4) is 0 Å². The van der Waals surface area contributed by atoms with E-state index in [1.54, 1.807) is 13.8 Å². The molecule has 1 heterocycles. The van der Waals surface area contributed by atoms with Crippen LogP contribution in [0.3, 0.4) is 0 Å². The lowest BCUT2D eigenvalue weighted by atomic mass is 9.67. The molecule has 0 amide bonds. The molecule has 0 bridgehead atoms. The Balaban J connectivity index is 2.32. The molecule has 0 saturated carbocycles. The molecule has 1 aromatic rings. The Morgan fingerprint density at radius 3 is 2.37 bits per heavy atom. The molecule has 0 aliphatic carbocycles. The molecule has 1 aliphatic rings. The largest absolute Gasteiger partial charge is 0.481 e. The molecular weight excluding hydrogens is 240 g/mol. The van der Waals surface area contributed by atoms with Crippen LogP contribution in [0.2, 0.25) is 0 Å². The van der Waals surface area contributed by atoms with Gasteiger partial charge in [-0.25, -0.2) is 0 Å². The van der Waals surface area contributed by atoms with Gasteiger partial charge < -0.3 is 9.84 Å². The number of carboxylic acid groups (broad SMARTS) is 1. The fourth-order valence-electron chi connectivity index (χ4n) is 2.71. The first-order valence-electron chi connectivity index (χ1n) is 6.66. The van der Waals surface area contributed by atoms with Gasteiger partial charge in [0.25, 0.3) is 0 Å². The standard InChI is InChI=1S/C16H22O3/c1-11-5-6-13(7-12(11)2)16(9-19-10-16)8-15(3,4)14(17)18/h5-7H,8-10H2,1-4H3,(H,17,18). The molecule has 0 unspecified atom stereocenters. The number of aliphatic carboxylic acids is 1. The summed E-state index contributed by atoms with van der Waals surface area (Å²) in [6.07, 6.45) is 0.609. The van der Waals surface area contributed by atoms with Crippen molar-refractivity contribution >= 4 is 5.97 Å². The minimum atomic E-state index is -0.748. The van der Waals surface area contributed by atoms with Crippen molar-refractivity contribution in [3.05, 3.63) is 34.9 Å². The molecule has 3 nitrogen and oxygen atoms in total. The van der Waals surface area contributed by atoms with Gasteiger partial charge in [-0.05, 0) is 50.8 Å². The van der Waals surface area contributed by atoms with Crippen molar-refractivity contribution in [2.24, 2.45) is 5.41 Å². The maximum Gasteiger partial charge on any atom is 0.309 e. The van der Waals surface area contributed by atoms with Gasteiger partial charge in [-0.1, -0.05) is 18.2 Å². The zero-order valence-electron chi connectivity index (χ0n) is 12.1. The molecular formula is C16H22O3. The number of carbonyl (C=O) groups is 1. The first-order valence-corrected chi connectivity index (χ1v) is 6.66. The van der Waals surface area contributed by atoms with E-state index in [0.29, 0.717) is 19.6 Å². The van der Waals surface area contributed by atoms with E-state index >= 15 is 0 Å². The topological polar surface area (TPSA) is 46.5 Å². The van der Waals surface area contributed by atoms with Crippen LogP contribution in [0.25, 0.3) is 0 Å². The van der Waals surface area contributed by atoms with Crippen molar-refractivity contribution in [2.75, 3.05) is 13.2 Å². The van der Waals surface area contributed by atoms with E-state index in [-0.39, 0.29) is 5.41 Å². The minimum Gasteiger partial charge on any atom is -0.481 e.